The van der Waals surface area contributed by atoms with Gasteiger partial charge in [0.1, 0.15) is 0 Å². The Morgan fingerprint density at radius 2 is 1.52 bits per heavy atom. The van der Waals surface area contributed by atoms with Crippen LogP contribution >= 0.6 is 0 Å². The van der Waals surface area contributed by atoms with Gasteiger partial charge in [-0.15, -0.1) is 0 Å². The largest absolute Gasteiger partial charge is 0.350 e. The van der Waals surface area contributed by atoms with E-state index in [1.165, 1.54) is 32.8 Å². The summed E-state index contributed by atoms with van der Waals surface area (Å²) in [7, 11) is 0. The summed E-state index contributed by atoms with van der Waals surface area (Å²) in [6.45, 7) is 0.0300. The van der Waals surface area contributed by atoms with E-state index in [9.17, 15) is 4.79 Å². The molecule has 0 atom stereocenters. The molecular weight excluding hydrogens is 331 g/mol. The smallest absolute Gasteiger partial charge is 0.310 e. The van der Waals surface area contributed by atoms with Crippen LogP contribution in [0.2, 0.25) is 0 Å². The predicted octanol–water partition coefficient (Wildman–Crippen LogP) is 2.89. The van der Waals surface area contributed by atoms with E-state index in [4.69, 9.17) is 0 Å². The highest BCUT2D eigenvalue weighted by molar-refractivity contribution is 6.89. The highest BCUT2D eigenvalue weighted by Crippen LogP contribution is 2.35. The molecule has 0 radical (unpaired) electrons. The summed E-state index contributed by atoms with van der Waals surface area (Å²) in [5.74, 6) is 0. The lowest BCUT2D eigenvalue weighted by atomic mass is 9.46. The zero-order valence-electron chi connectivity index (χ0n) is 14.4. The van der Waals surface area contributed by atoms with Crippen molar-refractivity contribution in [2.75, 3.05) is 0 Å². The summed E-state index contributed by atoms with van der Waals surface area (Å²) in [4.78, 5) is 13.2. The van der Waals surface area contributed by atoms with Crippen LogP contribution in [-0.4, -0.2) is 16.1 Å². The molecule has 2 aliphatic rings. The number of aromatic nitrogens is 2. The monoisotopic (exact) mass is 344 g/mol. The van der Waals surface area contributed by atoms with E-state index in [0.29, 0.717) is 0 Å². The fourth-order valence-electron chi connectivity index (χ4n) is 5.15. The minimum Gasteiger partial charge on any atom is -0.310 e. The molecule has 1 aromatic heterocycles. The van der Waals surface area contributed by atoms with Gasteiger partial charge < -0.3 is 4.59 Å². The second-order valence-electron chi connectivity index (χ2n) is 7.37. The topological polar surface area (TPSA) is 26.9 Å². The molecule has 4 heteroatoms. The fraction of sp³-hybridized carbons (Fsp3) is 0. The van der Waals surface area contributed by atoms with Gasteiger partial charge in [-0.25, -0.2) is 4.68 Å². The van der Waals surface area contributed by atoms with E-state index in [1.54, 1.807) is 0 Å². The maximum atomic E-state index is 13.2. The number of rotatable bonds is 0. The molecule has 27 heavy (non-hydrogen) atoms. The number of hydrogen-bond donors (Lipinski definition) is 0. The van der Waals surface area contributed by atoms with Crippen LogP contribution in [0.4, 0.5) is 0 Å². The summed E-state index contributed by atoms with van der Waals surface area (Å²) >= 11 is 0. The maximum Gasteiger partial charge on any atom is 0.350 e. The molecule has 7 rings (SSSR count). The Morgan fingerprint density at radius 1 is 0.741 bits per heavy atom. The van der Waals surface area contributed by atoms with Gasteiger partial charge in [0.25, 0.3) is 5.56 Å². The lowest BCUT2D eigenvalue weighted by molar-refractivity contribution is 0.819. The van der Waals surface area contributed by atoms with Gasteiger partial charge in [-0.1, -0.05) is 60.7 Å². The normalized spacial score (nSPS) is 13.3. The van der Waals surface area contributed by atoms with E-state index < -0.39 is 0 Å². The van der Waals surface area contributed by atoms with Gasteiger partial charge in [0.05, 0.1) is 16.6 Å². The number of hydrogen-bond acceptors (Lipinski definition) is 1. The second kappa shape index (κ2) is 4.41. The average Bonchev–Trinajstić information content (AvgIpc) is 3.21. The van der Waals surface area contributed by atoms with Gasteiger partial charge in [-0.3, -0.25) is 4.79 Å². The first-order valence-electron chi connectivity index (χ1n) is 9.22. The molecule has 3 heterocycles. The van der Waals surface area contributed by atoms with Crippen molar-refractivity contribution in [2.24, 2.45) is 0 Å². The lowest BCUT2D eigenvalue weighted by Gasteiger charge is -2.24. The van der Waals surface area contributed by atoms with Gasteiger partial charge in [-0.05, 0) is 51.0 Å². The van der Waals surface area contributed by atoms with E-state index in [2.05, 4.69) is 65.3 Å². The molecule has 0 unspecified atom stereocenters. The van der Waals surface area contributed by atoms with Gasteiger partial charge in [0.2, 0.25) is 0 Å². The van der Waals surface area contributed by atoms with Crippen molar-refractivity contribution in [3.8, 4) is 16.8 Å². The quantitative estimate of drug-likeness (QED) is 0.389. The Kier molecular flexibility index (Phi) is 2.23. The van der Waals surface area contributed by atoms with Crippen LogP contribution < -0.4 is 16.5 Å². The standard InChI is InChI=1S/C23H13BN2O/c27-23-17-8-1-2-12-19(17)26-24-18-11-4-7-14-6-3-9-15(21(14)18)16-10-5-13-20(22(16)24)25(23)26/h1-13H. The Balaban J connectivity index is 1.77. The molecule has 0 fully saturated rings. The molecule has 0 amide bonds. The first-order chi connectivity index (χ1) is 13.3. The van der Waals surface area contributed by atoms with Crippen molar-refractivity contribution in [2.45, 2.75) is 0 Å². The first-order valence-corrected chi connectivity index (χ1v) is 9.22. The number of benzene rings is 4. The van der Waals surface area contributed by atoms with Crippen molar-refractivity contribution in [1.29, 1.82) is 0 Å². The molecule has 2 aliphatic heterocycles. The van der Waals surface area contributed by atoms with Gasteiger partial charge in [-0.2, -0.15) is 0 Å². The molecule has 3 nitrogen and oxygen atoms in total. The van der Waals surface area contributed by atoms with Gasteiger partial charge in [0.15, 0.2) is 0 Å². The summed E-state index contributed by atoms with van der Waals surface area (Å²) in [6, 6.07) is 27.3. The maximum absolute atomic E-state index is 13.2. The summed E-state index contributed by atoms with van der Waals surface area (Å²) < 4.78 is 4.06. The highest BCUT2D eigenvalue weighted by atomic mass is 16.1. The van der Waals surface area contributed by atoms with Crippen LogP contribution in [0.5, 0.6) is 0 Å². The van der Waals surface area contributed by atoms with Crippen molar-refractivity contribution in [3.05, 3.63) is 89.2 Å². The highest BCUT2D eigenvalue weighted by Gasteiger charge is 2.42. The van der Waals surface area contributed by atoms with Crippen molar-refractivity contribution in [1.82, 2.24) is 9.27 Å². The SMILES string of the molecule is O=c1c2ccccc2n2n1-c1cccc3c1B2c1cccc2cccc-3c12. The van der Waals surface area contributed by atoms with Crippen LogP contribution in [0.3, 0.4) is 0 Å². The molecule has 0 saturated heterocycles. The zero-order valence-corrected chi connectivity index (χ0v) is 14.4. The van der Waals surface area contributed by atoms with Crippen LogP contribution in [0.1, 0.15) is 0 Å². The average molecular weight is 344 g/mol. The van der Waals surface area contributed by atoms with Crippen molar-refractivity contribution < 1.29 is 0 Å². The lowest BCUT2D eigenvalue weighted by Crippen LogP contribution is -2.49. The van der Waals surface area contributed by atoms with Crippen LogP contribution in [0.25, 0.3) is 38.5 Å². The molecule has 0 bridgehead atoms. The molecule has 4 aromatic carbocycles. The Bertz CT molecular complexity index is 1500. The molecule has 0 aliphatic carbocycles. The van der Waals surface area contributed by atoms with Crippen molar-refractivity contribution >= 4 is 39.4 Å². The first kappa shape index (κ1) is 13.6. The molecule has 124 valence electrons. The molecule has 5 aromatic rings. The Labute approximate surface area is 155 Å². The summed E-state index contributed by atoms with van der Waals surface area (Å²) in [6.07, 6.45) is 0. The second-order valence-corrected chi connectivity index (χ2v) is 7.37. The fourth-order valence-corrected chi connectivity index (χ4v) is 5.15. The van der Waals surface area contributed by atoms with Crippen molar-refractivity contribution in [3.63, 3.8) is 0 Å². The van der Waals surface area contributed by atoms with E-state index in [0.717, 1.165) is 16.6 Å². The van der Waals surface area contributed by atoms with E-state index >= 15 is 0 Å². The summed E-state index contributed by atoms with van der Waals surface area (Å²) in [5, 5.41) is 3.33. The third kappa shape index (κ3) is 1.42. The molecule has 0 saturated carbocycles. The molecular formula is C23H13BN2O. The number of nitrogens with zero attached hydrogens (tertiary/aromatic N) is 2. The number of fused-ring (bicyclic) bond motifs is 7. The van der Waals surface area contributed by atoms with E-state index in [-0.39, 0.29) is 12.4 Å². The van der Waals surface area contributed by atoms with E-state index in [1.807, 2.05) is 22.9 Å². The Morgan fingerprint density at radius 3 is 2.44 bits per heavy atom. The van der Waals surface area contributed by atoms with Crippen LogP contribution in [0, 0.1) is 0 Å². The summed E-state index contributed by atoms with van der Waals surface area (Å²) in [5.41, 5.74) is 7.07. The van der Waals surface area contributed by atoms with Crippen LogP contribution in [-0.2, 0) is 0 Å². The predicted molar refractivity (Wildman–Crippen MR) is 111 cm³/mol. The Hall–Kier alpha value is -3.53. The minimum absolute atomic E-state index is 0.0300. The zero-order chi connectivity index (χ0) is 17.7. The van der Waals surface area contributed by atoms with Gasteiger partial charge >= 0.3 is 6.85 Å². The van der Waals surface area contributed by atoms with Crippen LogP contribution in [0.15, 0.2) is 83.7 Å². The van der Waals surface area contributed by atoms with Gasteiger partial charge in [0, 0.05) is 0 Å². The molecule has 0 N–H and O–H groups in total. The number of para-hydroxylation sites is 1. The third-order valence-corrected chi connectivity index (χ3v) is 6.14. The minimum atomic E-state index is 0.0300. The molecule has 0 spiro atoms. The third-order valence-electron chi connectivity index (χ3n) is 6.14.